The average Bonchev–Trinajstić information content (AvgIpc) is 2.77. The topological polar surface area (TPSA) is 79.0 Å². The van der Waals surface area contributed by atoms with Crippen molar-refractivity contribution in [2.24, 2.45) is 0 Å². The summed E-state index contributed by atoms with van der Waals surface area (Å²) in [5, 5.41) is 2.85. The van der Waals surface area contributed by atoms with E-state index in [0.29, 0.717) is 24.6 Å². The monoisotopic (exact) mass is 459 g/mol. The lowest BCUT2D eigenvalue weighted by Gasteiger charge is -2.26. The molecule has 7 nitrogen and oxygen atoms in total. The molecule has 2 aromatic carbocycles. The van der Waals surface area contributed by atoms with Gasteiger partial charge in [0.25, 0.3) is 0 Å². The van der Waals surface area contributed by atoms with E-state index in [0.717, 1.165) is 35.8 Å². The number of sulfonamides is 1. The maximum absolute atomic E-state index is 12.6. The van der Waals surface area contributed by atoms with E-state index in [9.17, 15) is 13.2 Å². The number of benzene rings is 2. The molecule has 0 spiro atoms. The number of anilines is 1. The van der Waals surface area contributed by atoms with E-state index in [1.54, 1.807) is 24.3 Å². The molecular weight excluding hydrogens is 426 g/mol. The fourth-order valence-corrected chi connectivity index (χ4v) is 4.73. The van der Waals surface area contributed by atoms with Crippen LogP contribution in [0.15, 0.2) is 48.5 Å². The van der Waals surface area contributed by atoms with Crippen molar-refractivity contribution in [1.29, 1.82) is 0 Å². The summed E-state index contributed by atoms with van der Waals surface area (Å²) in [5.74, 6) is 0.296. The first kappa shape index (κ1) is 24.1. The maximum atomic E-state index is 12.6. The van der Waals surface area contributed by atoms with Crippen molar-refractivity contribution in [2.75, 3.05) is 36.8 Å². The Kier molecular flexibility index (Phi) is 8.53. The fraction of sp³-hybridized carbons (Fsp3) is 0.458. The van der Waals surface area contributed by atoms with Crippen molar-refractivity contribution >= 4 is 21.6 Å². The van der Waals surface area contributed by atoms with Crippen LogP contribution in [0.2, 0.25) is 0 Å². The highest BCUT2D eigenvalue weighted by Crippen LogP contribution is 2.21. The van der Waals surface area contributed by atoms with Crippen LogP contribution in [-0.4, -0.2) is 51.7 Å². The first-order valence-corrected chi connectivity index (χ1v) is 13.0. The molecule has 0 aromatic heterocycles. The summed E-state index contributed by atoms with van der Waals surface area (Å²) in [6, 6.07) is 14.9. The molecule has 1 amide bonds. The fourth-order valence-electron chi connectivity index (χ4n) is 3.88. The van der Waals surface area contributed by atoms with Crippen LogP contribution in [0.1, 0.15) is 37.3 Å². The van der Waals surface area contributed by atoms with Gasteiger partial charge in [-0.3, -0.25) is 14.0 Å². The molecule has 8 heteroatoms. The van der Waals surface area contributed by atoms with Gasteiger partial charge in [-0.15, -0.1) is 0 Å². The van der Waals surface area contributed by atoms with E-state index in [1.807, 2.05) is 19.1 Å². The Hall–Kier alpha value is -2.58. The Balaban J connectivity index is 1.58. The molecule has 3 rings (SSSR count). The normalized spacial score (nSPS) is 14.7. The van der Waals surface area contributed by atoms with Gasteiger partial charge in [0.15, 0.2) is 0 Å². The molecule has 0 radical (unpaired) electrons. The van der Waals surface area contributed by atoms with Gasteiger partial charge in [0, 0.05) is 13.1 Å². The zero-order valence-corrected chi connectivity index (χ0v) is 19.7. The molecule has 174 valence electrons. The van der Waals surface area contributed by atoms with Gasteiger partial charge in [0.2, 0.25) is 15.9 Å². The lowest BCUT2D eigenvalue weighted by atomic mass is 10.1. The first-order chi connectivity index (χ1) is 15.3. The van der Waals surface area contributed by atoms with E-state index in [1.165, 1.54) is 24.8 Å². The lowest BCUT2D eigenvalue weighted by molar-refractivity contribution is -0.119. The number of rotatable bonds is 10. The van der Waals surface area contributed by atoms with Gasteiger partial charge in [0.05, 0.1) is 18.6 Å². The zero-order valence-electron chi connectivity index (χ0n) is 18.9. The largest absolute Gasteiger partial charge is 0.494 e. The van der Waals surface area contributed by atoms with Gasteiger partial charge >= 0.3 is 0 Å². The molecule has 0 bridgehead atoms. The van der Waals surface area contributed by atoms with E-state index >= 15 is 0 Å². The Morgan fingerprint density at radius 2 is 1.75 bits per heavy atom. The highest BCUT2D eigenvalue weighted by molar-refractivity contribution is 7.92. The van der Waals surface area contributed by atoms with E-state index in [4.69, 9.17) is 4.74 Å². The third-order valence-electron chi connectivity index (χ3n) is 5.46. The molecule has 2 aromatic rings. The third kappa shape index (κ3) is 7.24. The summed E-state index contributed by atoms with van der Waals surface area (Å²) >= 11 is 0. The first-order valence-electron chi connectivity index (χ1n) is 11.1. The number of hydrogen-bond acceptors (Lipinski definition) is 5. The Morgan fingerprint density at radius 3 is 2.41 bits per heavy atom. The van der Waals surface area contributed by atoms with Crippen molar-refractivity contribution in [2.45, 2.75) is 39.3 Å². The standard InChI is InChI=1S/C24H33N3O4S/c1-3-31-23-12-10-22(11-13-23)27(32(2,29)30)19-24(28)25-17-20-8-7-9-21(16-20)18-26-14-5-4-6-15-26/h7-13,16H,3-6,14-15,17-19H2,1-2H3,(H,25,28). The predicted molar refractivity (Wildman–Crippen MR) is 127 cm³/mol. The van der Waals surface area contributed by atoms with Crippen molar-refractivity contribution in [3.63, 3.8) is 0 Å². The van der Waals surface area contributed by atoms with Gasteiger partial charge in [-0.25, -0.2) is 8.42 Å². The van der Waals surface area contributed by atoms with Crippen LogP contribution in [0, 0.1) is 0 Å². The quantitative estimate of drug-likeness (QED) is 0.591. The molecule has 32 heavy (non-hydrogen) atoms. The second-order valence-corrected chi connectivity index (χ2v) is 10.0. The van der Waals surface area contributed by atoms with Crippen molar-refractivity contribution in [3.05, 3.63) is 59.7 Å². The zero-order chi connectivity index (χ0) is 23.0. The van der Waals surface area contributed by atoms with Crippen molar-refractivity contribution in [3.8, 4) is 5.75 Å². The molecule has 0 atom stereocenters. The van der Waals surface area contributed by atoms with Crippen molar-refractivity contribution in [1.82, 2.24) is 10.2 Å². The number of carbonyl (C=O) groups excluding carboxylic acids is 1. The van der Waals surface area contributed by atoms with Crippen LogP contribution in [-0.2, 0) is 27.9 Å². The second-order valence-electron chi connectivity index (χ2n) is 8.13. The molecule has 0 aliphatic carbocycles. The number of ether oxygens (including phenoxy) is 1. The van der Waals surface area contributed by atoms with Gasteiger partial charge in [0.1, 0.15) is 12.3 Å². The molecule has 0 unspecified atom stereocenters. The van der Waals surface area contributed by atoms with Crippen molar-refractivity contribution < 1.29 is 17.9 Å². The number of piperidine rings is 1. The Morgan fingerprint density at radius 1 is 1.06 bits per heavy atom. The van der Waals surface area contributed by atoms with Gasteiger partial charge in [-0.1, -0.05) is 30.7 Å². The van der Waals surface area contributed by atoms with Crippen LogP contribution < -0.4 is 14.4 Å². The minimum Gasteiger partial charge on any atom is -0.494 e. The summed E-state index contributed by atoms with van der Waals surface area (Å²) in [4.78, 5) is 15.0. The summed E-state index contributed by atoms with van der Waals surface area (Å²) in [6.45, 7) is 5.66. The van der Waals surface area contributed by atoms with Crippen LogP contribution in [0.5, 0.6) is 5.75 Å². The predicted octanol–water partition coefficient (Wildman–Crippen LogP) is 3.15. The molecule has 1 saturated heterocycles. The Labute approximate surface area is 191 Å². The van der Waals surface area contributed by atoms with E-state index in [-0.39, 0.29) is 12.5 Å². The van der Waals surface area contributed by atoms with Crippen LogP contribution in [0.25, 0.3) is 0 Å². The number of nitrogens with one attached hydrogen (secondary N) is 1. The molecule has 1 heterocycles. The lowest BCUT2D eigenvalue weighted by Crippen LogP contribution is -2.40. The Bertz CT molecular complexity index is 987. The summed E-state index contributed by atoms with van der Waals surface area (Å²) in [5.41, 5.74) is 2.65. The number of nitrogens with zero attached hydrogens (tertiary/aromatic N) is 2. The highest BCUT2D eigenvalue weighted by atomic mass is 32.2. The minimum absolute atomic E-state index is 0.277. The van der Waals surface area contributed by atoms with Gasteiger partial charge in [-0.2, -0.15) is 0 Å². The molecular formula is C24H33N3O4S. The van der Waals surface area contributed by atoms with Crippen LogP contribution in [0.3, 0.4) is 0 Å². The molecule has 0 saturated carbocycles. The number of hydrogen-bond donors (Lipinski definition) is 1. The molecule has 1 N–H and O–H groups in total. The molecule has 1 aliphatic rings. The van der Waals surface area contributed by atoms with E-state index in [2.05, 4.69) is 22.3 Å². The number of amides is 1. The third-order valence-corrected chi connectivity index (χ3v) is 6.60. The number of carbonyl (C=O) groups is 1. The molecule has 1 fully saturated rings. The summed E-state index contributed by atoms with van der Waals surface area (Å²) in [6.07, 6.45) is 4.91. The average molecular weight is 460 g/mol. The maximum Gasteiger partial charge on any atom is 0.241 e. The van der Waals surface area contributed by atoms with Crippen LogP contribution >= 0.6 is 0 Å². The highest BCUT2D eigenvalue weighted by Gasteiger charge is 2.21. The molecule has 1 aliphatic heterocycles. The minimum atomic E-state index is -3.62. The second kappa shape index (κ2) is 11.3. The van der Waals surface area contributed by atoms with Crippen LogP contribution in [0.4, 0.5) is 5.69 Å². The summed E-state index contributed by atoms with van der Waals surface area (Å²) < 4.78 is 31.1. The summed E-state index contributed by atoms with van der Waals surface area (Å²) in [7, 11) is -3.62. The SMILES string of the molecule is CCOc1ccc(N(CC(=O)NCc2cccc(CN3CCCCC3)c2)S(C)(=O)=O)cc1. The number of likely N-dealkylation sites (tertiary alicyclic amines) is 1. The smallest absolute Gasteiger partial charge is 0.241 e. The van der Waals surface area contributed by atoms with Gasteiger partial charge < -0.3 is 10.1 Å². The van der Waals surface area contributed by atoms with Gasteiger partial charge in [-0.05, 0) is 68.2 Å². The van der Waals surface area contributed by atoms with E-state index < -0.39 is 10.0 Å².